The molecule has 1 heterocycles. The fourth-order valence-corrected chi connectivity index (χ4v) is 4.70. The molecule has 1 aliphatic carbocycles. The number of ether oxygens (including phenoxy) is 2. The minimum absolute atomic E-state index is 0.169. The van der Waals surface area contributed by atoms with Gasteiger partial charge in [0, 0.05) is 17.6 Å². The third-order valence-corrected chi connectivity index (χ3v) is 7.00. The van der Waals surface area contributed by atoms with Gasteiger partial charge in [-0.3, -0.25) is 0 Å². The summed E-state index contributed by atoms with van der Waals surface area (Å²) in [6.45, 7) is 4.94. The number of benzene rings is 2. The zero-order chi connectivity index (χ0) is 21.8. The van der Waals surface area contributed by atoms with Crippen molar-refractivity contribution in [3.8, 4) is 11.6 Å². The third-order valence-electron chi connectivity index (χ3n) is 6.70. The molecular formula is C26H31ClN2O2. The molecule has 3 aromatic rings. The van der Waals surface area contributed by atoms with Gasteiger partial charge in [0.2, 0.25) is 5.88 Å². The smallest absolute Gasteiger partial charge is 0.221 e. The van der Waals surface area contributed by atoms with Crippen LogP contribution in [0, 0.1) is 5.41 Å². The standard InChI is InChI=1S/C26H31ClN2O2/c1-3-24(28)26(2)12-9-20(10-13-26)31-23-15-19-11-14-29-25(21(19)16-22(23)27)30-17-18-7-5-4-6-8-18/h4-8,11,14-16,20,24H,3,9-10,12-13,17,28H2,1-2H3/t20-,24?,26+. The summed E-state index contributed by atoms with van der Waals surface area (Å²) in [6.07, 6.45) is 7.11. The van der Waals surface area contributed by atoms with Gasteiger partial charge in [0.1, 0.15) is 12.4 Å². The lowest BCUT2D eigenvalue weighted by Gasteiger charge is -2.41. The van der Waals surface area contributed by atoms with Gasteiger partial charge < -0.3 is 15.2 Å². The Hall–Kier alpha value is -2.30. The van der Waals surface area contributed by atoms with Gasteiger partial charge in [-0.25, -0.2) is 4.98 Å². The third kappa shape index (κ3) is 4.97. The van der Waals surface area contributed by atoms with E-state index < -0.39 is 0 Å². The van der Waals surface area contributed by atoms with Crippen LogP contribution in [0.5, 0.6) is 11.6 Å². The van der Waals surface area contributed by atoms with Crippen molar-refractivity contribution in [3.05, 3.63) is 65.3 Å². The Morgan fingerprint density at radius 3 is 2.61 bits per heavy atom. The van der Waals surface area contributed by atoms with E-state index in [1.807, 2.05) is 48.5 Å². The first-order valence-corrected chi connectivity index (χ1v) is 11.5. The highest BCUT2D eigenvalue weighted by Gasteiger charge is 2.36. The number of hydrogen-bond donors (Lipinski definition) is 1. The monoisotopic (exact) mass is 438 g/mol. The van der Waals surface area contributed by atoms with Crippen molar-refractivity contribution < 1.29 is 9.47 Å². The van der Waals surface area contributed by atoms with Crippen LogP contribution in [0.3, 0.4) is 0 Å². The van der Waals surface area contributed by atoms with Crippen molar-refractivity contribution in [2.75, 3.05) is 0 Å². The van der Waals surface area contributed by atoms with Crippen molar-refractivity contribution in [3.63, 3.8) is 0 Å². The van der Waals surface area contributed by atoms with Crippen LogP contribution in [0.2, 0.25) is 5.02 Å². The first-order valence-electron chi connectivity index (χ1n) is 11.2. The molecule has 1 unspecified atom stereocenters. The van der Waals surface area contributed by atoms with Crippen LogP contribution in [-0.2, 0) is 6.61 Å². The lowest BCUT2D eigenvalue weighted by Crippen LogP contribution is -2.43. The summed E-state index contributed by atoms with van der Waals surface area (Å²) in [5.74, 6) is 1.31. The van der Waals surface area contributed by atoms with E-state index >= 15 is 0 Å². The number of hydrogen-bond acceptors (Lipinski definition) is 4. The highest BCUT2D eigenvalue weighted by Crippen LogP contribution is 2.41. The fourth-order valence-electron chi connectivity index (χ4n) is 4.49. The second-order valence-electron chi connectivity index (χ2n) is 8.88. The topological polar surface area (TPSA) is 57.4 Å². The Bertz CT molecular complexity index is 1020. The molecule has 2 aromatic carbocycles. The molecule has 4 nitrogen and oxygen atoms in total. The minimum Gasteiger partial charge on any atom is -0.489 e. The molecule has 164 valence electrons. The summed E-state index contributed by atoms with van der Waals surface area (Å²) in [7, 11) is 0. The van der Waals surface area contributed by atoms with Crippen LogP contribution in [0.1, 0.15) is 51.5 Å². The fraction of sp³-hybridized carbons (Fsp3) is 0.423. The average molecular weight is 439 g/mol. The normalized spacial score (nSPS) is 22.3. The molecule has 1 saturated carbocycles. The summed E-state index contributed by atoms with van der Waals surface area (Å²) in [5.41, 5.74) is 7.67. The molecule has 0 bridgehead atoms. The number of rotatable bonds is 7. The Balaban J connectivity index is 1.47. The predicted octanol–water partition coefficient (Wildman–Crippen LogP) is 6.53. The molecule has 0 spiro atoms. The highest BCUT2D eigenvalue weighted by molar-refractivity contribution is 6.33. The van der Waals surface area contributed by atoms with Gasteiger partial charge in [-0.15, -0.1) is 0 Å². The van der Waals surface area contributed by atoms with Crippen LogP contribution >= 0.6 is 11.6 Å². The lowest BCUT2D eigenvalue weighted by molar-refractivity contribution is 0.0721. The number of nitrogens with two attached hydrogens (primary N) is 1. The lowest BCUT2D eigenvalue weighted by atomic mass is 9.69. The first-order chi connectivity index (χ1) is 15.0. The van der Waals surface area contributed by atoms with E-state index in [0.29, 0.717) is 17.5 Å². The molecule has 0 radical (unpaired) electrons. The summed E-state index contributed by atoms with van der Waals surface area (Å²) >= 11 is 6.61. The quantitative estimate of drug-likeness (QED) is 0.455. The second kappa shape index (κ2) is 9.46. The van der Waals surface area contributed by atoms with Crippen LogP contribution in [0.25, 0.3) is 10.8 Å². The summed E-state index contributed by atoms with van der Waals surface area (Å²) < 4.78 is 12.3. The van der Waals surface area contributed by atoms with E-state index in [9.17, 15) is 0 Å². The van der Waals surface area contributed by atoms with E-state index in [0.717, 1.165) is 54.2 Å². The van der Waals surface area contributed by atoms with Crippen LogP contribution in [0.15, 0.2) is 54.7 Å². The van der Waals surface area contributed by atoms with Crippen LogP contribution in [-0.4, -0.2) is 17.1 Å². The van der Waals surface area contributed by atoms with E-state index in [2.05, 4.69) is 18.8 Å². The molecule has 1 aliphatic rings. The van der Waals surface area contributed by atoms with Crippen molar-refractivity contribution in [2.45, 2.75) is 64.7 Å². The molecule has 1 atom stereocenters. The van der Waals surface area contributed by atoms with Crippen molar-refractivity contribution in [1.29, 1.82) is 0 Å². The van der Waals surface area contributed by atoms with Gasteiger partial charge in [-0.1, -0.05) is 55.8 Å². The number of nitrogens with zero attached hydrogens (tertiary/aromatic N) is 1. The van der Waals surface area contributed by atoms with Crippen molar-refractivity contribution in [2.24, 2.45) is 11.1 Å². The first kappa shape index (κ1) is 21.9. The Morgan fingerprint density at radius 1 is 1.16 bits per heavy atom. The highest BCUT2D eigenvalue weighted by atomic mass is 35.5. The van der Waals surface area contributed by atoms with Gasteiger partial charge in [0.05, 0.1) is 11.1 Å². The van der Waals surface area contributed by atoms with E-state index in [4.69, 9.17) is 26.8 Å². The molecule has 0 saturated heterocycles. The van der Waals surface area contributed by atoms with Gasteiger partial charge in [0.25, 0.3) is 0 Å². The zero-order valence-electron chi connectivity index (χ0n) is 18.3. The van der Waals surface area contributed by atoms with E-state index in [-0.39, 0.29) is 17.6 Å². The molecule has 2 N–H and O–H groups in total. The Kier molecular flexibility index (Phi) is 6.68. The molecule has 1 fully saturated rings. The van der Waals surface area contributed by atoms with Gasteiger partial charge >= 0.3 is 0 Å². The molecule has 5 heteroatoms. The number of aromatic nitrogens is 1. The maximum absolute atomic E-state index is 6.61. The maximum Gasteiger partial charge on any atom is 0.221 e. The van der Waals surface area contributed by atoms with Gasteiger partial charge in [-0.05, 0) is 66.7 Å². The molecule has 31 heavy (non-hydrogen) atoms. The summed E-state index contributed by atoms with van der Waals surface area (Å²) in [4.78, 5) is 4.42. The second-order valence-corrected chi connectivity index (χ2v) is 9.29. The molecule has 1 aromatic heterocycles. The molecule has 0 amide bonds. The number of pyridine rings is 1. The maximum atomic E-state index is 6.61. The van der Waals surface area contributed by atoms with E-state index in [1.54, 1.807) is 6.20 Å². The van der Waals surface area contributed by atoms with Crippen molar-refractivity contribution >= 4 is 22.4 Å². The average Bonchev–Trinajstić information content (AvgIpc) is 2.80. The number of halogens is 1. The Morgan fingerprint density at radius 2 is 1.90 bits per heavy atom. The molecular weight excluding hydrogens is 408 g/mol. The molecule has 4 rings (SSSR count). The number of fused-ring (bicyclic) bond motifs is 1. The largest absolute Gasteiger partial charge is 0.489 e. The van der Waals surface area contributed by atoms with Gasteiger partial charge in [0.15, 0.2) is 0 Å². The Labute approximate surface area is 189 Å². The van der Waals surface area contributed by atoms with Crippen LogP contribution < -0.4 is 15.2 Å². The van der Waals surface area contributed by atoms with E-state index in [1.165, 1.54) is 0 Å². The van der Waals surface area contributed by atoms with Gasteiger partial charge in [-0.2, -0.15) is 0 Å². The zero-order valence-corrected chi connectivity index (χ0v) is 19.1. The summed E-state index contributed by atoms with van der Waals surface area (Å²) in [6, 6.07) is 16.2. The SMILES string of the molecule is CCC(N)[C@]1(C)CC[C@H](Oc2cc3ccnc(OCc4ccccc4)c3cc2Cl)CC1. The molecule has 0 aliphatic heterocycles. The predicted molar refractivity (Wildman–Crippen MR) is 127 cm³/mol. The minimum atomic E-state index is 0.169. The van der Waals surface area contributed by atoms with Crippen LogP contribution in [0.4, 0.5) is 0 Å². The van der Waals surface area contributed by atoms with Crippen molar-refractivity contribution in [1.82, 2.24) is 4.98 Å². The summed E-state index contributed by atoms with van der Waals surface area (Å²) in [5, 5.41) is 2.48.